The monoisotopic (exact) mass is 312 g/mol. The van der Waals surface area contributed by atoms with E-state index >= 15 is 0 Å². The highest BCUT2D eigenvalue weighted by molar-refractivity contribution is 6.12. The van der Waals surface area contributed by atoms with Gasteiger partial charge in [-0.2, -0.15) is 5.26 Å². The zero-order valence-electron chi connectivity index (χ0n) is 13.0. The van der Waals surface area contributed by atoms with Gasteiger partial charge in [-0.3, -0.25) is 0 Å². The van der Waals surface area contributed by atoms with Crippen LogP contribution in [0.15, 0.2) is 83.9 Å². The fourth-order valence-electron chi connectivity index (χ4n) is 2.31. The van der Waals surface area contributed by atoms with Crippen LogP contribution in [0, 0.1) is 11.3 Å². The van der Waals surface area contributed by atoms with Crippen molar-refractivity contribution in [2.45, 2.75) is 0 Å². The van der Waals surface area contributed by atoms with Crippen LogP contribution in [0.5, 0.6) is 0 Å². The molecule has 116 valence electrons. The highest BCUT2D eigenvalue weighted by Crippen LogP contribution is 2.22. The van der Waals surface area contributed by atoms with E-state index in [1.165, 1.54) is 0 Å². The molecule has 0 fully saturated rings. The third kappa shape index (κ3) is 3.42. The first-order valence-corrected chi connectivity index (χ1v) is 7.52. The first-order chi connectivity index (χ1) is 11.8. The zero-order valence-corrected chi connectivity index (χ0v) is 13.0. The van der Waals surface area contributed by atoms with Gasteiger partial charge in [0.1, 0.15) is 11.9 Å². The molecule has 24 heavy (non-hydrogen) atoms. The number of nitriles is 1. The Kier molecular flexibility index (Phi) is 4.55. The summed E-state index contributed by atoms with van der Waals surface area (Å²) in [5.41, 5.74) is 9.53. The second-order valence-corrected chi connectivity index (χ2v) is 5.17. The summed E-state index contributed by atoms with van der Waals surface area (Å²) >= 11 is 0. The molecule has 0 aromatic heterocycles. The van der Waals surface area contributed by atoms with Gasteiger partial charge in [-0.25, -0.2) is 4.99 Å². The van der Waals surface area contributed by atoms with Crippen LogP contribution in [0.4, 0.5) is 17.1 Å². The topological polar surface area (TPSA) is 74.2 Å². The average molecular weight is 312 g/mol. The molecule has 0 heterocycles. The van der Waals surface area contributed by atoms with Crippen LogP contribution in [0.1, 0.15) is 11.1 Å². The van der Waals surface area contributed by atoms with Crippen LogP contribution in [-0.4, -0.2) is 5.84 Å². The van der Waals surface area contributed by atoms with Crippen molar-refractivity contribution in [3.8, 4) is 6.07 Å². The molecule has 3 aromatic carbocycles. The number of anilines is 2. The van der Waals surface area contributed by atoms with Crippen LogP contribution < -0.4 is 11.1 Å². The molecule has 0 atom stereocenters. The quantitative estimate of drug-likeness (QED) is 0.429. The van der Waals surface area contributed by atoms with Gasteiger partial charge < -0.3 is 11.1 Å². The molecule has 0 aliphatic heterocycles. The molecule has 0 radical (unpaired) electrons. The van der Waals surface area contributed by atoms with E-state index in [9.17, 15) is 5.26 Å². The maximum absolute atomic E-state index is 9.28. The highest BCUT2D eigenvalue weighted by atomic mass is 15.0. The van der Waals surface area contributed by atoms with Crippen molar-refractivity contribution in [2.75, 3.05) is 11.1 Å². The number of benzene rings is 3. The number of amidine groups is 1. The van der Waals surface area contributed by atoms with Crippen molar-refractivity contribution in [2.24, 2.45) is 4.99 Å². The molecule has 4 nitrogen and oxygen atoms in total. The van der Waals surface area contributed by atoms with Crippen LogP contribution in [-0.2, 0) is 0 Å². The smallest absolute Gasteiger partial charge is 0.140 e. The normalized spacial score (nSPS) is 10.9. The number of rotatable bonds is 3. The molecule has 0 spiro atoms. The lowest BCUT2D eigenvalue weighted by Gasteiger charge is -2.13. The Bertz CT molecular complexity index is 908. The minimum atomic E-state index is 0.513. The first kappa shape index (κ1) is 15.3. The average Bonchev–Trinajstić information content (AvgIpc) is 2.63. The van der Waals surface area contributed by atoms with Crippen LogP contribution in [0.25, 0.3) is 0 Å². The maximum Gasteiger partial charge on any atom is 0.140 e. The molecule has 3 rings (SSSR count). The molecule has 3 N–H and O–H groups in total. The molecular formula is C20H16N4. The van der Waals surface area contributed by atoms with Crippen LogP contribution in [0.3, 0.4) is 0 Å². The summed E-state index contributed by atoms with van der Waals surface area (Å²) in [6, 6.07) is 26.6. The molecular weight excluding hydrogens is 296 g/mol. The molecule has 4 heteroatoms. The summed E-state index contributed by atoms with van der Waals surface area (Å²) in [4.78, 5) is 4.66. The van der Waals surface area contributed by atoms with Gasteiger partial charge in [-0.15, -0.1) is 0 Å². The molecule has 0 bridgehead atoms. The molecule has 0 aliphatic rings. The van der Waals surface area contributed by atoms with Crippen LogP contribution in [0.2, 0.25) is 0 Å². The van der Waals surface area contributed by atoms with E-state index in [4.69, 9.17) is 5.73 Å². The lowest BCUT2D eigenvalue weighted by molar-refractivity contribution is 1.42. The van der Waals surface area contributed by atoms with Crippen molar-refractivity contribution in [3.63, 3.8) is 0 Å². The minimum Gasteiger partial charge on any atom is -0.398 e. The lowest BCUT2D eigenvalue weighted by Crippen LogP contribution is -2.15. The standard InChI is InChI=1S/C20H16N4/c21-14-15-8-4-7-13-19(15)24-20(17-11-5-6-12-18(17)22)23-16-9-2-1-3-10-16/h1-13H,22H2,(H,23,24). The maximum atomic E-state index is 9.28. The predicted octanol–water partition coefficient (Wildman–Crippen LogP) is 4.33. The van der Waals surface area contributed by atoms with Crippen molar-refractivity contribution in [1.82, 2.24) is 0 Å². The van der Waals surface area contributed by atoms with Gasteiger partial charge in [-0.1, -0.05) is 42.5 Å². The Balaban J connectivity index is 2.10. The number of nitrogens with two attached hydrogens (primary N) is 1. The van der Waals surface area contributed by atoms with Crippen molar-refractivity contribution in [1.29, 1.82) is 5.26 Å². The van der Waals surface area contributed by atoms with Gasteiger partial charge in [0, 0.05) is 16.9 Å². The van der Waals surface area contributed by atoms with Crippen molar-refractivity contribution >= 4 is 22.9 Å². The fourth-order valence-corrected chi connectivity index (χ4v) is 2.31. The van der Waals surface area contributed by atoms with Crippen LogP contribution >= 0.6 is 0 Å². The number of nitrogen functional groups attached to an aromatic ring is 1. The first-order valence-electron chi connectivity index (χ1n) is 7.52. The number of aliphatic imine (C=N–C) groups is 1. The number of nitrogens with zero attached hydrogens (tertiary/aromatic N) is 2. The summed E-state index contributed by atoms with van der Waals surface area (Å²) in [7, 11) is 0. The Labute approximate surface area is 140 Å². The third-order valence-corrected chi connectivity index (χ3v) is 3.51. The van der Waals surface area contributed by atoms with E-state index in [-0.39, 0.29) is 0 Å². The Hall–Kier alpha value is -3.58. The van der Waals surface area contributed by atoms with Gasteiger partial charge in [0.25, 0.3) is 0 Å². The SMILES string of the molecule is N#Cc1ccccc1N=C(Nc1ccccc1)c1ccccc1N. The number of hydrogen-bond acceptors (Lipinski definition) is 3. The van der Waals surface area contributed by atoms with Gasteiger partial charge in [0.15, 0.2) is 0 Å². The number of hydrogen-bond donors (Lipinski definition) is 2. The minimum absolute atomic E-state index is 0.513. The number of nitrogens with one attached hydrogen (secondary N) is 1. The summed E-state index contributed by atoms with van der Waals surface area (Å²) in [5.74, 6) is 0.599. The summed E-state index contributed by atoms with van der Waals surface area (Å²) in [6.45, 7) is 0. The summed E-state index contributed by atoms with van der Waals surface area (Å²) < 4.78 is 0. The van der Waals surface area contributed by atoms with Crippen molar-refractivity contribution in [3.05, 3.63) is 90.0 Å². The Morgan fingerprint density at radius 3 is 2.29 bits per heavy atom. The molecule has 0 saturated heterocycles. The predicted molar refractivity (Wildman–Crippen MR) is 98.3 cm³/mol. The van der Waals surface area contributed by atoms with Gasteiger partial charge in [-0.05, 0) is 36.4 Å². The Morgan fingerprint density at radius 2 is 1.54 bits per heavy atom. The third-order valence-electron chi connectivity index (χ3n) is 3.51. The fraction of sp³-hybridized carbons (Fsp3) is 0. The molecule has 0 amide bonds. The largest absolute Gasteiger partial charge is 0.398 e. The van der Waals surface area contributed by atoms with E-state index in [0.29, 0.717) is 22.8 Å². The molecule has 0 unspecified atom stereocenters. The second kappa shape index (κ2) is 7.12. The number of para-hydroxylation sites is 3. The van der Waals surface area contributed by atoms with Gasteiger partial charge >= 0.3 is 0 Å². The van der Waals surface area contributed by atoms with Crippen molar-refractivity contribution < 1.29 is 0 Å². The van der Waals surface area contributed by atoms with E-state index in [2.05, 4.69) is 16.4 Å². The summed E-state index contributed by atoms with van der Waals surface area (Å²) in [6.07, 6.45) is 0. The molecule has 0 saturated carbocycles. The van der Waals surface area contributed by atoms with Gasteiger partial charge in [0.2, 0.25) is 0 Å². The second-order valence-electron chi connectivity index (χ2n) is 5.17. The lowest BCUT2D eigenvalue weighted by atomic mass is 10.1. The Morgan fingerprint density at radius 1 is 0.875 bits per heavy atom. The van der Waals surface area contributed by atoms with E-state index in [0.717, 1.165) is 11.3 Å². The van der Waals surface area contributed by atoms with E-state index in [1.807, 2.05) is 72.8 Å². The van der Waals surface area contributed by atoms with Gasteiger partial charge in [0.05, 0.1) is 11.3 Å². The molecule has 0 aliphatic carbocycles. The summed E-state index contributed by atoms with van der Waals surface area (Å²) in [5, 5.41) is 12.6. The zero-order chi connectivity index (χ0) is 16.8. The highest BCUT2D eigenvalue weighted by Gasteiger charge is 2.09. The molecule has 3 aromatic rings. The van der Waals surface area contributed by atoms with E-state index in [1.54, 1.807) is 6.07 Å². The van der Waals surface area contributed by atoms with E-state index < -0.39 is 0 Å².